The fourth-order valence-corrected chi connectivity index (χ4v) is 14.5. The van der Waals surface area contributed by atoms with Crippen molar-refractivity contribution in [2.24, 2.45) is 0 Å². The summed E-state index contributed by atoms with van der Waals surface area (Å²) >= 11 is 0. The summed E-state index contributed by atoms with van der Waals surface area (Å²) in [4.78, 5) is 137. The quantitative estimate of drug-likeness (QED) is 0.0218. The summed E-state index contributed by atoms with van der Waals surface area (Å²) in [5.41, 5.74) is 11.5. The lowest BCUT2D eigenvalue weighted by Crippen LogP contribution is -2.70. The molecule has 111 heavy (non-hydrogen) atoms. The van der Waals surface area contributed by atoms with E-state index < -0.39 is 128 Å². The van der Waals surface area contributed by atoms with Crippen LogP contribution < -0.4 is 41.4 Å². The number of aryl methyl sites for hydroxylation is 1. The van der Waals surface area contributed by atoms with Crippen LogP contribution in [-0.4, -0.2) is 245 Å². The molecule has 37 heteroatoms. The van der Waals surface area contributed by atoms with Gasteiger partial charge in [0.05, 0.1) is 56.3 Å². The highest BCUT2D eigenvalue weighted by Gasteiger charge is 2.58. The first-order chi connectivity index (χ1) is 53.2. The first-order valence-corrected chi connectivity index (χ1v) is 36.9. The fourth-order valence-electron chi connectivity index (χ4n) is 14.5. The number of aromatic nitrogens is 6. The molecule has 5 N–H and O–H groups in total. The van der Waals surface area contributed by atoms with E-state index in [1.165, 1.54) is 41.3 Å². The second kappa shape index (κ2) is 37.7. The van der Waals surface area contributed by atoms with Crippen LogP contribution in [0.5, 0.6) is 11.5 Å². The molecular formula is C74H98N16O21. The van der Waals surface area contributed by atoms with Crippen LogP contribution in [0.2, 0.25) is 0 Å². The highest BCUT2D eigenvalue weighted by atomic mass is 16.6. The molecule has 5 aliphatic rings. The van der Waals surface area contributed by atoms with Gasteiger partial charge >= 0.3 is 35.8 Å². The van der Waals surface area contributed by atoms with Crippen LogP contribution in [0.3, 0.4) is 0 Å². The second-order valence-electron chi connectivity index (χ2n) is 26.9. The van der Waals surface area contributed by atoms with Gasteiger partial charge in [-0.1, -0.05) is 40.8 Å². The fraction of sp³-hybridized carbons (Fsp3) is 0.541. The maximum Gasteiger partial charge on any atom is 0.303 e. The Bertz CT molecular complexity index is 4140. The summed E-state index contributed by atoms with van der Waals surface area (Å²) in [6.07, 6.45) is -5.83. The van der Waals surface area contributed by atoms with Crippen molar-refractivity contribution in [3.8, 4) is 11.5 Å². The molecular weight excluding hydrogens is 1450 g/mol. The summed E-state index contributed by atoms with van der Waals surface area (Å²) in [5, 5.41) is 27.4. The summed E-state index contributed by atoms with van der Waals surface area (Å²) in [7, 11) is 0. The molecule has 2 saturated heterocycles. The Balaban J connectivity index is 0.800. The number of hydrogen-bond acceptors (Lipinski definition) is 31. The SMILES string of the molecule is CCN(CC)c1ccc2c(c1)Oc1cc(N(CC)CC)ccc1C21c2ccccc2C(=O)N1CCOCCOCCNC(=O)CCn1cc(CN(CC2=CN([C@H]3OC(COC(C)=O)[C@@H](OC(C)=O)[C@H](OC(C)=O)C3NC(C)=O)NN2)Cc2cn([C@H]3OC(COC(C)=O)[C@H](OC(C)=O)[C@@H](OC(C)=O)C3NC(C)=O)nn2)nn1. The molecule has 5 aromatic rings. The van der Waals surface area contributed by atoms with E-state index in [1.54, 1.807) is 12.4 Å². The summed E-state index contributed by atoms with van der Waals surface area (Å²) in [5.74, 6) is -4.74. The van der Waals surface area contributed by atoms with Crippen molar-refractivity contribution in [2.45, 2.75) is 176 Å². The second-order valence-corrected chi connectivity index (χ2v) is 26.9. The van der Waals surface area contributed by atoms with Crippen molar-refractivity contribution in [3.63, 3.8) is 0 Å². The van der Waals surface area contributed by atoms with E-state index in [-0.39, 0.29) is 83.9 Å². The van der Waals surface area contributed by atoms with Crippen LogP contribution in [-0.2, 0) is 116 Å². The van der Waals surface area contributed by atoms with Gasteiger partial charge in [-0.15, -0.1) is 15.7 Å². The monoisotopic (exact) mass is 1550 g/mol. The molecule has 5 aliphatic heterocycles. The number of rotatable bonds is 36. The molecule has 4 unspecified atom stereocenters. The van der Waals surface area contributed by atoms with Gasteiger partial charge in [-0.2, -0.15) is 0 Å². The van der Waals surface area contributed by atoms with Crippen LogP contribution in [0.4, 0.5) is 11.4 Å². The Morgan fingerprint density at radius 2 is 1.08 bits per heavy atom. The largest absolute Gasteiger partial charge is 0.463 e. The van der Waals surface area contributed by atoms with Gasteiger partial charge in [-0.3, -0.25) is 62.5 Å². The van der Waals surface area contributed by atoms with Crippen molar-refractivity contribution in [2.75, 3.05) is 95.3 Å². The maximum atomic E-state index is 14.8. The number of esters is 6. The topological polar surface area (TPSA) is 410 Å². The minimum absolute atomic E-state index is 0.0155. The van der Waals surface area contributed by atoms with Gasteiger partial charge in [0.15, 0.2) is 36.9 Å². The van der Waals surface area contributed by atoms with Gasteiger partial charge in [-0.25, -0.2) is 4.68 Å². The molecule has 7 heterocycles. The first kappa shape index (κ1) is 82.6. The van der Waals surface area contributed by atoms with Crippen molar-refractivity contribution in [1.82, 2.24) is 71.7 Å². The number of carbonyl (C=O) groups excluding carboxylic acids is 10. The van der Waals surface area contributed by atoms with E-state index in [4.69, 9.17) is 52.1 Å². The van der Waals surface area contributed by atoms with E-state index in [0.717, 1.165) is 88.9 Å². The van der Waals surface area contributed by atoms with Crippen LogP contribution in [0.25, 0.3) is 0 Å². The number of anilines is 2. The zero-order valence-electron chi connectivity index (χ0n) is 64.3. The van der Waals surface area contributed by atoms with Gasteiger partial charge in [0.1, 0.15) is 54.5 Å². The summed E-state index contributed by atoms with van der Waals surface area (Å²) in [6, 6.07) is 17.8. The number of nitrogens with one attached hydrogen (secondary N) is 5. The smallest absolute Gasteiger partial charge is 0.303 e. The highest BCUT2D eigenvalue weighted by molar-refractivity contribution is 6.02. The predicted molar refractivity (Wildman–Crippen MR) is 390 cm³/mol. The van der Waals surface area contributed by atoms with Crippen LogP contribution in [0.15, 0.2) is 85.0 Å². The third-order valence-electron chi connectivity index (χ3n) is 19.0. The van der Waals surface area contributed by atoms with E-state index >= 15 is 0 Å². The maximum absolute atomic E-state index is 14.8. The first-order valence-electron chi connectivity index (χ1n) is 36.9. The van der Waals surface area contributed by atoms with Crippen molar-refractivity contribution >= 4 is 70.8 Å². The highest BCUT2D eigenvalue weighted by Crippen LogP contribution is 2.58. The van der Waals surface area contributed by atoms with Crippen LogP contribution in [0.1, 0.15) is 134 Å². The Morgan fingerprint density at radius 3 is 1.62 bits per heavy atom. The molecule has 600 valence electrons. The Kier molecular flexibility index (Phi) is 28.1. The lowest BCUT2D eigenvalue weighted by molar-refractivity contribution is -0.247. The molecule has 0 saturated carbocycles. The number of benzene rings is 3. The van der Waals surface area contributed by atoms with Gasteiger partial charge in [0.2, 0.25) is 17.7 Å². The molecule has 10 rings (SSSR count). The average Bonchev–Trinajstić information content (AvgIpc) is 1.59. The third-order valence-corrected chi connectivity index (χ3v) is 19.0. The molecule has 37 nitrogen and oxygen atoms in total. The number of hydrogen-bond donors (Lipinski definition) is 5. The van der Waals surface area contributed by atoms with Gasteiger partial charge in [-0.05, 0) is 51.5 Å². The van der Waals surface area contributed by atoms with E-state index in [2.05, 4.69) is 121 Å². The van der Waals surface area contributed by atoms with Crippen molar-refractivity contribution < 1.29 is 100 Å². The summed E-state index contributed by atoms with van der Waals surface area (Å²) in [6.45, 7) is 21.5. The van der Waals surface area contributed by atoms with Crippen LogP contribution in [0, 0.1) is 0 Å². The van der Waals surface area contributed by atoms with E-state index in [0.29, 0.717) is 34.1 Å². The predicted octanol–water partition coefficient (Wildman–Crippen LogP) is 2.31. The zero-order valence-corrected chi connectivity index (χ0v) is 64.3. The van der Waals surface area contributed by atoms with Crippen molar-refractivity contribution in [1.29, 1.82) is 0 Å². The minimum atomic E-state index is -1.40. The van der Waals surface area contributed by atoms with Gasteiger partial charge in [0.25, 0.3) is 5.91 Å². The molecule has 0 radical (unpaired) electrons. The number of fused-ring (bicyclic) bond motifs is 6. The third kappa shape index (κ3) is 20.0. The van der Waals surface area contributed by atoms with E-state index in [1.807, 2.05) is 34.1 Å². The Hall–Kier alpha value is -10.9. The number of hydrazine groups is 2. The summed E-state index contributed by atoms with van der Waals surface area (Å²) < 4.78 is 67.8. The number of amides is 4. The normalized spacial score (nSPS) is 21.3. The van der Waals surface area contributed by atoms with Crippen molar-refractivity contribution in [3.05, 3.63) is 119 Å². The number of carbonyl (C=O) groups is 10. The average molecular weight is 1550 g/mol. The lowest BCUT2D eigenvalue weighted by Gasteiger charge is -2.47. The van der Waals surface area contributed by atoms with E-state index in [9.17, 15) is 47.9 Å². The molecule has 0 bridgehead atoms. The molecule has 0 aliphatic carbocycles. The van der Waals surface area contributed by atoms with Crippen LogP contribution >= 0.6 is 0 Å². The zero-order chi connectivity index (χ0) is 79.8. The molecule has 3 aromatic carbocycles. The minimum Gasteiger partial charge on any atom is -0.463 e. The molecule has 4 amide bonds. The Labute approximate surface area is 641 Å². The van der Waals surface area contributed by atoms with Gasteiger partial charge < -0.3 is 88.2 Å². The number of nitrogens with zero attached hydrogens (tertiary/aromatic N) is 11. The lowest BCUT2D eigenvalue weighted by atomic mass is 9.74. The molecule has 1 spiro atoms. The molecule has 2 aromatic heterocycles. The standard InChI is InChI=1S/C74H98N16O21/c1-13-85(14-2)54-21-23-58-60(33-54)109-61-34-55(86(15-3)16-4)22-24-59(61)74(58)57-20-18-17-19-56(57)71(100)88(74)28-30-102-32-31-101-29-26-75-64(99)25-27-87-38-51(78-81-87)35-84(36-52-39-89(82-79-52)72-65(76-43(5)91)69(107-49(11)97)67(105-47(9)95)62(110-72)41-103-45(7)93)37-53-40-90(83-80-53)73-66(77-44(6)92)70(108-50(12)98)68(106-48(10)96)63(111-73)42-104-46(8)94/h17-24,33-34,38-40,62-63,65-70,72-73,79,82H,13-16,25-32,35-37,41-42H2,1-12H3,(H,75,99)(H,76,91)(H,77,92)/t62?,63?,65?,66?,67-,68+,69-,70+,72+,73+/m1/s1. The Morgan fingerprint density at radius 1 is 0.568 bits per heavy atom. The molecule has 10 atom stereocenters. The van der Waals surface area contributed by atoms with Gasteiger partial charge in [0, 0.05) is 173 Å². The molecule has 2 fully saturated rings. The number of ether oxygens (including phenoxy) is 11.